The zero-order valence-electron chi connectivity index (χ0n) is 15.5. The van der Waals surface area contributed by atoms with Gasteiger partial charge in [-0.3, -0.25) is 4.79 Å². The van der Waals surface area contributed by atoms with Crippen molar-refractivity contribution in [3.63, 3.8) is 0 Å². The molecule has 0 aliphatic carbocycles. The Morgan fingerprint density at radius 2 is 2.00 bits per heavy atom. The highest BCUT2D eigenvalue weighted by Crippen LogP contribution is 2.33. The molecule has 1 amide bonds. The molecule has 146 valence electrons. The topological polar surface area (TPSA) is 54.7 Å². The van der Waals surface area contributed by atoms with Gasteiger partial charge in [0.2, 0.25) is 0 Å². The molecule has 0 atom stereocenters. The van der Waals surface area contributed by atoms with E-state index in [9.17, 15) is 4.79 Å². The van der Waals surface area contributed by atoms with E-state index in [-0.39, 0.29) is 5.91 Å². The third-order valence-electron chi connectivity index (χ3n) is 4.75. The lowest BCUT2D eigenvalue weighted by molar-refractivity contribution is 0.0998. The molecule has 0 bridgehead atoms. The maximum Gasteiger partial charge on any atom is 0.291 e. The largest absolute Gasteiger partial charge is 0.451 e. The van der Waals surface area contributed by atoms with Crippen molar-refractivity contribution in [2.24, 2.45) is 0 Å². The Morgan fingerprint density at radius 3 is 2.79 bits per heavy atom. The van der Waals surface area contributed by atoms with Crippen LogP contribution in [0.4, 0.5) is 11.4 Å². The van der Waals surface area contributed by atoms with Crippen molar-refractivity contribution in [2.75, 3.05) is 42.8 Å². The number of rotatable bonds is 5. The van der Waals surface area contributed by atoms with Gasteiger partial charge in [-0.2, -0.15) is 11.8 Å². The summed E-state index contributed by atoms with van der Waals surface area (Å²) in [4.78, 5) is 15.3. The van der Waals surface area contributed by atoms with Gasteiger partial charge in [0.25, 0.3) is 5.91 Å². The molecule has 0 spiro atoms. The Hall–Kier alpha value is -2.15. The van der Waals surface area contributed by atoms with E-state index in [1.165, 1.54) is 0 Å². The first-order valence-corrected chi connectivity index (χ1v) is 10.9. The summed E-state index contributed by atoms with van der Waals surface area (Å²) in [5, 5.41) is 4.56. The molecule has 2 aromatic carbocycles. The summed E-state index contributed by atoms with van der Waals surface area (Å²) in [6, 6.07) is 13.3. The second kappa shape index (κ2) is 8.47. The Balaban J connectivity index is 1.68. The highest BCUT2D eigenvalue weighted by molar-refractivity contribution is 7.97. The van der Waals surface area contributed by atoms with Gasteiger partial charge >= 0.3 is 0 Å². The fraction of sp³-hybridized carbons (Fsp3) is 0.286. The Bertz CT molecular complexity index is 998. The SMILES string of the molecule is CSCc1c(C(=O)Nc2cc(Cl)ccc2N2CCOCC2)oc2ccccc12. The van der Waals surface area contributed by atoms with Crippen LogP contribution in [0.15, 0.2) is 46.9 Å². The first-order chi connectivity index (χ1) is 13.7. The number of anilines is 2. The molecular weight excluding hydrogens is 396 g/mol. The number of hydrogen-bond acceptors (Lipinski definition) is 5. The maximum atomic E-state index is 13.1. The molecule has 28 heavy (non-hydrogen) atoms. The van der Waals surface area contributed by atoms with E-state index in [0.29, 0.717) is 35.4 Å². The summed E-state index contributed by atoms with van der Waals surface area (Å²) in [5.41, 5.74) is 3.24. The number of halogens is 1. The van der Waals surface area contributed by atoms with E-state index in [4.69, 9.17) is 20.8 Å². The lowest BCUT2D eigenvalue weighted by Gasteiger charge is -2.30. The van der Waals surface area contributed by atoms with Gasteiger partial charge in [0.1, 0.15) is 5.58 Å². The van der Waals surface area contributed by atoms with E-state index in [2.05, 4.69) is 10.2 Å². The van der Waals surface area contributed by atoms with Gasteiger partial charge in [0.05, 0.1) is 24.6 Å². The summed E-state index contributed by atoms with van der Waals surface area (Å²) >= 11 is 7.87. The van der Waals surface area contributed by atoms with E-state index < -0.39 is 0 Å². The van der Waals surface area contributed by atoms with Gasteiger partial charge in [0.15, 0.2) is 5.76 Å². The fourth-order valence-electron chi connectivity index (χ4n) is 3.44. The summed E-state index contributed by atoms with van der Waals surface area (Å²) in [6.45, 7) is 2.87. The first kappa shape index (κ1) is 19.2. The zero-order valence-corrected chi connectivity index (χ0v) is 17.1. The van der Waals surface area contributed by atoms with Crippen molar-refractivity contribution in [1.82, 2.24) is 0 Å². The van der Waals surface area contributed by atoms with Crippen molar-refractivity contribution in [3.05, 3.63) is 58.8 Å². The van der Waals surface area contributed by atoms with Crippen LogP contribution in [0.2, 0.25) is 5.02 Å². The second-order valence-electron chi connectivity index (χ2n) is 6.55. The van der Waals surface area contributed by atoms with Crippen LogP contribution in [0, 0.1) is 0 Å². The summed E-state index contributed by atoms with van der Waals surface area (Å²) in [6.07, 6.45) is 2.01. The molecule has 1 N–H and O–H groups in total. The number of amides is 1. The molecule has 0 radical (unpaired) electrons. The number of furan rings is 1. The van der Waals surface area contributed by atoms with Gasteiger partial charge < -0.3 is 19.4 Å². The minimum absolute atomic E-state index is 0.267. The van der Waals surface area contributed by atoms with Crippen molar-refractivity contribution in [2.45, 2.75) is 5.75 Å². The first-order valence-electron chi connectivity index (χ1n) is 9.10. The van der Waals surface area contributed by atoms with E-state index in [1.54, 1.807) is 17.8 Å². The van der Waals surface area contributed by atoms with Gasteiger partial charge in [-0.15, -0.1) is 0 Å². The molecule has 0 saturated carbocycles. The van der Waals surface area contributed by atoms with Gasteiger partial charge in [-0.25, -0.2) is 0 Å². The van der Waals surface area contributed by atoms with E-state index >= 15 is 0 Å². The normalized spacial score (nSPS) is 14.4. The standard InChI is InChI=1S/C21H21ClN2O3S/c1-28-13-16-15-4-2-3-5-19(15)27-20(16)21(25)23-17-12-14(22)6-7-18(17)24-8-10-26-11-9-24/h2-7,12H,8-11,13H2,1H3,(H,23,25). The quantitative estimate of drug-likeness (QED) is 0.631. The lowest BCUT2D eigenvalue weighted by Crippen LogP contribution is -2.36. The Labute approximate surface area is 173 Å². The van der Waals surface area contributed by atoms with Gasteiger partial charge in [-0.05, 0) is 30.5 Å². The molecular formula is C21H21ClN2O3S. The van der Waals surface area contributed by atoms with Crippen molar-refractivity contribution < 1.29 is 13.9 Å². The van der Waals surface area contributed by atoms with Crippen molar-refractivity contribution >= 4 is 51.6 Å². The molecule has 1 aliphatic rings. The smallest absolute Gasteiger partial charge is 0.291 e. The molecule has 1 aromatic heterocycles. The molecule has 5 nitrogen and oxygen atoms in total. The number of para-hydroxylation sites is 1. The number of carbonyl (C=O) groups is 1. The summed E-state index contributed by atoms with van der Waals surface area (Å²) in [5.74, 6) is 0.784. The van der Waals surface area contributed by atoms with Crippen LogP contribution in [0.5, 0.6) is 0 Å². The predicted molar refractivity (Wildman–Crippen MR) is 116 cm³/mol. The third kappa shape index (κ3) is 3.85. The van der Waals surface area contributed by atoms with Gasteiger partial charge in [-0.1, -0.05) is 29.8 Å². The van der Waals surface area contributed by atoms with Crippen LogP contribution in [-0.4, -0.2) is 38.5 Å². The number of benzene rings is 2. The molecule has 3 aromatic rings. The fourth-order valence-corrected chi connectivity index (χ4v) is 4.18. The van der Waals surface area contributed by atoms with Crippen LogP contribution in [-0.2, 0) is 10.5 Å². The minimum Gasteiger partial charge on any atom is -0.451 e. The van der Waals surface area contributed by atoms with Crippen LogP contribution in [0.25, 0.3) is 11.0 Å². The summed E-state index contributed by atoms with van der Waals surface area (Å²) < 4.78 is 11.3. The van der Waals surface area contributed by atoms with Crippen molar-refractivity contribution in [3.8, 4) is 0 Å². The van der Waals surface area contributed by atoms with E-state index in [0.717, 1.165) is 35.3 Å². The number of fused-ring (bicyclic) bond motifs is 1. The van der Waals surface area contributed by atoms with Crippen LogP contribution in [0.1, 0.15) is 16.1 Å². The highest BCUT2D eigenvalue weighted by atomic mass is 35.5. The van der Waals surface area contributed by atoms with Crippen molar-refractivity contribution in [1.29, 1.82) is 0 Å². The zero-order chi connectivity index (χ0) is 19.5. The molecule has 4 rings (SSSR count). The lowest BCUT2D eigenvalue weighted by atomic mass is 10.1. The number of ether oxygens (including phenoxy) is 1. The maximum absolute atomic E-state index is 13.1. The highest BCUT2D eigenvalue weighted by Gasteiger charge is 2.22. The average molecular weight is 417 g/mol. The van der Waals surface area contributed by atoms with Crippen LogP contribution in [0.3, 0.4) is 0 Å². The molecule has 0 unspecified atom stereocenters. The predicted octanol–water partition coefficient (Wildman–Crippen LogP) is 5.04. The second-order valence-corrected chi connectivity index (χ2v) is 7.86. The number of nitrogens with zero attached hydrogens (tertiary/aromatic N) is 1. The summed E-state index contributed by atoms with van der Waals surface area (Å²) in [7, 11) is 0. The molecule has 1 fully saturated rings. The van der Waals surface area contributed by atoms with Crippen LogP contribution >= 0.6 is 23.4 Å². The number of morpholine rings is 1. The Morgan fingerprint density at radius 1 is 1.21 bits per heavy atom. The average Bonchev–Trinajstić information content (AvgIpc) is 3.08. The monoisotopic (exact) mass is 416 g/mol. The molecule has 2 heterocycles. The molecule has 1 aliphatic heterocycles. The minimum atomic E-state index is -0.267. The Kier molecular flexibility index (Phi) is 5.80. The number of carbonyl (C=O) groups excluding carboxylic acids is 1. The van der Waals surface area contributed by atoms with E-state index in [1.807, 2.05) is 42.7 Å². The number of hydrogen-bond donors (Lipinski definition) is 1. The third-order valence-corrected chi connectivity index (χ3v) is 5.56. The molecule has 1 saturated heterocycles. The van der Waals surface area contributed by atoms with Crippen LogP contribution < -0.4 is 10.2 Å². The number of thioether (sulfide) groups is 1. The number of nitrogens with one attached hydrogen (secondary N) is 1. The van der Waals surface area contributed by atoms with Gasteiger partial charge in [0, 0.05) is 34.8 Å². The molecule has 7 heteroatoms.